The van der Waals surface area contributed by atoms with Crippen LogP contribution in [-0.4, -0.2) is 74.8 Å². The minimum absolute atomic E-state index is 0.127. The summed E-state index contributed by atoms with van der Waals surface area (Å²) in [5.41, 5.74) is 0. The lowest BCUT2D eigenvalue weighted by atomic mass is 10.3. The van der Waals surface area contributed by atoms with Crippen molar-refractivity contribution in [3.63, 3.8) is 0 Å². The first-order valence-corrected chi connectivity index (χ1v) is 9.34. The second-order valence-electron chi connectivity index (χ2n) is 5.27. The molecule has 0 radical (unpaired) electrons. The third-order valence-electron chi connectivity index (χ3n) is 3.40. The molecule has 23 heavy (non-hydrogen) atoms. The molecule has 2 heterocycles. The molecule has 0 atom stereocenters. The van der Waals surface area contributed by atoms with Gasteiger partial charge in [0.1, 0.15) is 0 Å². The Balaban J connectivity index is 1.66. The van der Waals surface area contributed by atoms with E-state index in [2.05, 4.69) is 20.0 Å². The number of rotatable bonds is 6. The summed E-state index contributed by atoms with van der Waals surface area (Å²) in [6.45, 7) is 3.33. The van der Waals surface area contributed by atoms with Crippen molar-refractivity contribution < 1.29 is 13.2 Å². The highest BCUT2D eigenvalue weighted by Crippen LogP contribution is 2.09. The Labute approximate surface area is 136 Å². The van der Waals surface area contributed by atoms with Crippen molar-refractivity contribution in [3.8, 4) is 0 Å². The monoisotopic (exact) mass is 342 g/mol. The van der Waals surface area contributed by atoms with Gasteiger partial charge in [-0.3, -0.25) is 0 Å². The molecule has 2 rings (SSSR count). The van der Waals surface area contributed by atoms with E-state index < -0.39 is 10.0 Å². The molecule has 0 aromatic carbocycles. The van der Waals surface area contributed by atoms with Crippen LogP contribution < -0.4 is 14.9 Å². The third kappa shape index (κ3) is 5.99. The van der Waals surface area contributed by atoms with Crippen LogP contribution in [0.4, 0.5) is 10.7 Å². The Morgan fingerprint density at radius 3 is 2.43 bits per heavy atom. The maximum Gasteiger partial charge on any atom is 0.317 e. The number of sulfonamides is 1. The quantitative estimate of drug-likeness (QED) is 0.659. The van der Waals surface area contributed by atoms with Gasteiger partial charge in [0, 0.05) is 51.7 Å². The van der Waals surface area contributed by atoms with Crippen LogP contribution in [0, 0.1) is 0 Å². The largest absolute Gasteiger partial charge is 0.338 e. The van der Waals surface area contributed by atoms with Gasteiger partial charge in [0.05, 0.1) is 6.26 Å². The van der Waals surface area contributed by atoms with Crippen LogP contribution in [0.5, 0.6) is 0 Å². The SMILES string of the molecule is CS(=O)(=O)NCCCNC(=O)N1CCN(c2ncccn2)CC1. The van der Waals surface area contributed by atoms with E-state index >= 15 is 0 Å². The number of carbonyl (C=O) groups is 1. The van der Waals surface area contributed by atoms with Gasteiger partial charge in [0.25, 0.3) is 0 Å². The zero-order valence-electron chi connectivity index (χ0n) is 13.1. The number of urea groups is 1. The number of nitrogens with one attached hydrogen (secondary N) is 2. The van der Waals surface area contributed by atoms with Gasteiger partial charge in [-0.1, -0.05) is 0 Å². The van der Waals surface area contributed by atoms with Crippen molar-refractivity contribution in [2.75, 3.05) is 50.4 Å². The number of amides is 2. The van der Waals surface area contributed by atoms with E-state index in [-0.39, 0.29) is 6.03 Å². The van der Waals surface area contributed by atoms with Crippen molar-refractivity contribution in [1.29, 1.82) is 0 Å². The molecule has 0 aliphatic carbocycles. The van der Waals surface area contributed by atoms with Crippen LogP contribution in [0.3, 0.4) is 0 Å². The van der Waals surface area contributed by atoms with Gasteiger partial charge in [-0.25, -0.2) is 27.9 Å². The summed E-state index contributed by atoms with van der Waals surface area (Å²) in [5, 5.41) is 2.80. The predicted octanol–water partition coefficient (Wildman–Crippen LogP) is -0.752. The maximum absolute atomic E-state index is 12.0. The lowest BCUT2D eigenvalue weighted by Crippen LogP contribution is -2.52. The molecule has 1 aromatic rings. The Morgan fingerprint density at radius 2 is 1.83 bits per heavy atom. The van der Waals surface area contributed by atoms with Crippen LogP contribution in [0.25, 0.3) is 0 Å². The second-order valence-corrected chi connectivity index (χ2v) is 7.11. The standard InChI is InChI=1S/C13H22N6O3S/c1-23(21,22)17-7-3-6-16-13(20)19-10-8-18(9-11-19)12-14-4-2-5-15-12/h2,4-5,17H,3,6-11H2,1H3,(H,16,20). The smallest absolute Gasteiger partial charge is 0.317 e. The van der Waals surface area contributed by atoms with Gasteiger partial charge >= 0.3 is 6.03 Å². The first-order valence-electron chi connectivity index (χ1n) is 7.45. The fraction of sp³-hybridized carbons (Fsp3) is 0.615. The van der Waals surface area contributed by atoms with Crippen LogP contribution >= 0.6 is 0 Å². The van der Waals surface area contributed by atoms with Gasteiger partial charge in [-0.05, 0) is 12.5 Å². The van der Waals surface area contributed by atoms with Gasteiger partial charge < -0.3 is 15.1 Å². The molecule has 1 aromatic heterocycles. The molecule has 0 unspecified atom stereocenters. The average molecular weight is 342 g/mol. The van der Waals surface area contributed by atoms with Gasteiger partial charge in [0.2, 0.25) is 16.0 Å². The summed E-state index contributed by atoms with van der Waals surface area (Å²) in [6.07, 6.45) is 5.07. The summed E-state index contributed by atoms with van der Waals surface area (Å²) in [4.78, 5) is 24.2. The number of nitrogens with zero attached hydrogens (tertiary/aromatic N) is 4. The fourth-order valence-corrected chi connectivity index (χ4v) is 2.73. The molecule has 2 amide bonds. The van der Waals surface area contributed by atoms with Gasteiger partial charge in [0.15, 0.2) is 0 Å². The van der Waals surface area contributed by atoms with E-state index in [0.29, 0.717) is 51.6 Å². The lowest BCUT2D eigenvalue weighted by Gasteiger charge is -2.34. The average Bonchev–Trinajstić information content (AvgIpc) is 2.54. The minimum Gasteiger partial charge on any atom is -0.338 e. The number of anilines is 1. The zero-order chi connectivity index (χ0) is 16.7. The number of hydrogen-bond acceptors (Lipinski definition) is 6. The van der Waals surface area contributed by atoms with Crippen molar-refractivity contribution in [2.45, 2.75) is 6.42 Å². The van der Waals surface area contributed by atoms with Crippen LogP contribution in [0.2, 0.25) is 0 Å². The molecule has 0 spiro atoms. The fourth-order valence-electron chi connectivity index (χ4n) is 2.22. The molecule has 128 valence electrons. The van der Waals surface area contributed by atoms with E-state index in [0.717, 1.165) is 6.26 Å². The highest BCUT2D eigenvalue weighted by Gasteiger charge is 2.21. The molecule has 9 nitrogen and oxygen atoms in total. The molecular formula is C13H22N6O3S. The minimum atomic E-state index is -3.17. The zero-order valence-corrected chi connectivity index (χ0v) is 13.9. The van der Waals surface area contributed by atoms with Gasteiger partial charge in [-0.2, -0.15) is 0 Å². The topological polar surface area (TPSA) is 108 Å². The van der Waals surface area contributed by atoms with E-state index in [9.17, 15) is 13.2 Å². The van der Waals surface area contributed by atoms with Crippen LogP contribution in [0.15, 0.2) is 18.5 Å². The molecule has 0 saturated carbocycles. The van der Waals surface area contributed by atoms with E-state index in [1.165, 1.54) is 0 Å². The first-order chi connectivity index (χ1) is 11.0. The van der Waals surface area contributed by atoms with Crippen LogP contribution in [-0.2, 0) is 10.0 Å². The summed E-state index contributed by atoms with van der Waals surface area (Å²) >= 11 is 0. The molecule has 10 heteroatoms. The number of piperazine rings is 1. The molecule has 1 saturated heterocycles. The Bertz CT molecular complexity index is 601. The van der Waals surface area contributed by atoms with Crippen LogP contribution in [0.1, 0.15) is 6.42 Å². The molecule has 1 aliphatic heterocycles. The number of carbonyl (C=O) groups excluding carboxylic acids is 1. The van der Waals surface area contributed by atoms with Crippen molar-refractivity contribution in [3.05, 3.63) is 18.5 Å². The number of aromatic nitrogens is 2. The third-order valence-corrected chi connectivity index (χ3v) is 4.12. The van der Waals surface area contributed by atoms with E-state index in [4.69, 9.17) is 0 Å². The van der Waals surface area contributed by atoms with E-state index in [1.807, 2.05) is 4.90 Å². The Hall–Kier alpha value is -1.94. The normalized spacial score (nSPS) is 15.5. The maximum atomic E-state index is 12.0. The summed E-state index contributed by atoms with van der Waals surface area (Å²) in [7, 11) is -3.17. The molecule has 2 N–H and O–H groups in total. The molecular weight excluding hydrogens is 320 g/mol. The highest BCUT2D eigenvalue weighted by atomic mass is 32.2. The van der Waals surface area contributed by atoms with E-state index in [1.54, 1.807) is 23.4 Å². The molecule has 1 fully saturated rings. The Morgan fingerprint density at radius 1 is 1.17 bits per heavy atom. The van der Waals surface area contributed by atoms with Crippen molar-refractivity contribution in [2.24, 2.45) is 0 Å². The lowest BCUT2D eigenvalue weighted by molar-refractivity contribution is 0.194. The van der Waals surface area contributed by atoms with Crippen molar-refractivity contribution >= 4 is 22.0 Å². The first kappa shape index (κ1) is 17.4. The summed E-state index contributed by atoms with van der Waals surface area (Å²) in [5.74, 6) is 0.680. The Kier molecular flexibility index (Phi) is 6.11. The molecule has 1 aliphatic rings. The van der Waals surface area contributed by atoms with Gasteiger partial charge in [-0.15, -0.1) is 0 Å². The number of hydrogen-bond donors (Lipinski definition) is 2. The van der Waals surface area contributed by atoms with Crippen molar-refractivity contribution in [1.82, 2.24) is 24.9 Å². The second kappa shape index (κ2) is 8.06. The summed E-state index contributed by atoms with van der Waals surface area (Å²) in [6, 6.07) is 1.64. The summed E-state index contributed by atoms with van der Waals surface area (Å²) < 4.78 is 24.2. The molecule has 0 bridgehead atoms. The predicted molar refractivity (Wildman–Crippen MR) is 86.7 cm³/mol. The highest BCUT2D eigenvalue weighted by molar-refractivity contribution is 7.88.